The van der Waals surface area contributed by atoms with E-state index in [0.717, 1.165) is 41.7 Å². The molecular formula is C18H21F3N4. The molecule has 3 rings (SSSR count). The van der Waals surface area contributed by atoms with Crippen molar-refractivity contribution in [3.63, 3.8) is 0 Å². The van der Waals surface area contributed by atoms with Gasteiger partial charge in [-0.2, -0.15) is 13.2 Å². The van der Waals surface area contributed by atoms with Gasteiger partial charge in [-0.25, -0.2) is 9.97 Å². The maximum atomic E-state index is 12.6. The Labute approximate surface area is 145 Å². The summed E-state index contributed by atoms with van der Waals surface area (Å²) in [7, 11) is 0. The van der Waals surface area contributed by atoms with Gasteiger partial charge in [-0.3, -0.25) is 9.88 Å². The predicted molar refractivity (Wildman–Crippen MR) is 87.8 cm³/mol. The zero-order chi connectivity index (χ0) is 18.2. The Hall–Kier alpha value is -2.02. The highest BCUT2D eigenvalue weighted by atomic mass is 19.4. The molecule has 0 aliphatic carbocycles. The van der Waals surface area contributed by atoms with Gasteiger partial charge in [-0.05, 0) is 11.6 Å². The molecule has 0 bridgehead atoms. The van der Waals surface area contributed by atoms with Gasteiger partial charge >= 0.3 is 6.18 Å². The quantitative estimate of drug-likeness (QED) is 0.827. The van der Waals surface area contributed by atoms with Crippen LogP contribution in [0.2, 0.25) is 0 Å². The van der Waals surface area contributed by atoms with Crippen LogP contribution in [0.4, 0.5) is 13.2 Å². The van der Waals surface area contributed by atoms with Crippen molar-refractivity contribution in [1.82, 2.24) is 19.9 Å². The van der Waals surface area contributed by atoms with Gasteiger partial charge in [0, 0.05) is 55.1 Å². The van der Waals surface area contributed by atoms with Gasteiger partial charge in [0.1, 0.15) is 11.5 Å². The van der Waals surface area contributed by atoms with Crippen LogP contribution in [0, 0.1) is 0 Å². The first kappa shape index (κ1) is 17.8. The fraction of sp³-hybridized carbons (Fsp3) is 0.500. The number of pyridine rings is 1. The molecule has 0 unspecified atom stereocenters. The number of hydrogen-bond acceptors (Lipinski definition) is 4. The molecule has 0 saturated heterocycles. The van der Waals surface area contributed by atoms with Gasteiger partial charge in [0.25, 0.3) is 0 Å². The molecule has 0 atom stereocenters. The van der Waals surface area contributed by atoms with E-state index in [-0.39, 0.29) is 5.41 Å². The van der Waals surface area contributed by atoms with Crippen molar-refractivity contribution in [2.24, 2.45) is 0 Å². The lowest BCUT2D eigenvalue weighted by molar-refractivity contribution is -0.141. The zero-order valence-corrected chi connectivity index (χ0v) is 14.6. The van der Waals surface area contributed by atoms with Crippen molar-refractivity contribution >= 4 is 0 Å². The first-order valence-electron chi connectivity index (χ1n) is 8.23. The van der Waals surface area contributed by atoms with Crippen LogP contribution in [-0.4, -0.2) is 26.4 Å². The molecule has 7 heteroatoms. The van der Waals surface area contributed by atoms with E-state index in [2.05, 4.69) is 40.6 Å². The number of alkyl halides is 3. The van der Waals surface area contributed by atoms with E-state index in [9.17, 15) is 13.2 Å². The van der Waals surface area contributed by atoms with Crippen LogP contribution >= 0.6 is 0 Å². The summed E-state index contributed by atoms with van der Waals surface area (Å²) in [6.45, 7) is 8.32. The standard InChI is InChI=1S/C18H21F3N4/c1-17(2,3)16-23-9-13-11-25(7-6-14(13)24-16)10-12-4-5-15(22-8-12)18(19,20)21/h4-5,8-9H,6-7,10-11H2,1-3H3. The van der Waals surface area contributed by atoms with Gasteiger partial charge in [-0.15, -0.1) is 0 Å². The third kappa shape index (κ3) is 4.15. The Morgan fingerprint density at radius 3 is 2.44 bits per heavy atom. The first-order valence-corrected chi connectivity index (χ1v) is 8.23. The van der Waals surface area contributed by atoms with Gasteiger partial charge in [0.2, 0.25) is 0 Å². The molecule has 0 amide bonds. The Bertz CT molecular complexity index is 748. The second-order valence-electron chi connectivity index (χ2n) is 7.43. The van der Waals surface area contributed by atoms with Crippen molar-refractivity contribution in [3.8, 4) is 0 Å². The predicted octanol–water partition coefficient (Wildman–Crippen LogP) is 3.75. The monoisotopic (exact) mass is 350 g/mol. The van der Waals surface area contributed by atoms with Gasteiger partial charge in [0.15, 0.2) is 0 Å². The molecule has 2 aromatic heterocycles. The minimum absolute atomic E-state index is 0.0853. The highest BCUT2D eigenvalue weighted by Crippen LogP contribution is 2.28. The summed E-state index contributed by atoms with van der Waals surface area (Å²) in [6.07, 6.45) is -0.405. The van der Waals surface area contributed by atoms with E-state index in [1.807, 2.05) is 6.20 Å². The summed E-state index contributed by atoms with van der Waals surface area (Å²) in [6, 6.07) is 2.52. The molecule has 1 aliphatic rings. The van der Waals surface area contributed by atoms with E-state index in [4.69, 9.17) is 0 Å². The number of rotatable bonds is 2. The zero-order valence-electron chi connectivity index (χ0n) is 14.6. The van der Waals surface area contributed by atoms with E-state index in [1.165, 1.54) is 12.3 Å². The van der Waals surface area contributed by atoms with E-state index in [0.29, 0.717) is 13.1 Å². The van der Waals surface area contributed by atoms with E-state index in [1.54, 1.807) is 0 Å². The molecule has 4 nitrogen and oxygen atoms in total. The second-order valence-corrected chi connectivity index (χ2v) is 7.43. The van der Waals surface area contributed by atoms with Crippen LogP contribution in [0.15, 0.2) is 24.5 Å². The van der Waals surface area contributed by atoms with Crippen LogP contribution in [0.1, 0.15) is 49.1 Å². The highest BCUT2D eigenvalue weighted by molar-refractivity contribution is 5.23. The molecule has 0 spiro atoms. The van der Waals surface area contributed by atoms with Gasteiger partial charge in [0.05, 0.1) is 0 Å². The smallest absolute Gasteiger partial charge is 0.294 e. The molecule has 134 valence electrons. The lowest BCUT2D eigenvalue weighted by atomic mass is 9.95. The molecule has 0 N–H and O–H groups in total. The van der Waals surface area contributed by atoms with E-state index >= 15 is 0 Å². The molecule has 0 saturated carbocycles. The van der Waals surface area contributed by atoms with Gasteiger partial charge < -0.3 is 0 Å². The molecule has 1 aliphatic heterocycles. The molecule has 0 aromatic carbocycles. The van der Waals surface area contributed by atoms with Crippen LogP contribution in [0.25, 0.3) is 0 Å². The molecule has 0 radical (unpaired) electrons. The molecule has 2 aromatic rings. The molecule has 25 heavy (non-hydrogen) atoms. The summed E-state index contributed by atoms with van der Waals surface area (Å²) in [5.74, 6) is 0.839. The lowest BCUT2D eigenvalue weighted by Gasteiger charge is -2.29. The summed E-state index contributed by atoms with van der Waals surface area (Å²) >= 11 is 0. The van der Waals surface area contributed by atoms with E-state index < -0.39 is 11.9 Å². The third-order valence-corrected chi connectivity index (χ3v) is 4.21. The minimum Gasteiger partial charge on any atom is -0.294 e. The maximum Gasteiger partial charge on any atom is 0.433 e. The van der Waals surface area contributed by atoms with Crippen molar-refractivity contribution < 1.29 is 13.2 Å². The first-order chi connectivity index (χ1) is 11.6. The van der Waals surface area contributed by atoms with Crippen LogP contribution < -0.4 is 0 Å². The average Bonchev–Trinajstić information content (AvgIpc) is 2.53. The number of aromatic nitrogens is 3. The number of halogens is 3. The van der Waals surface area contributed by atoms with Crippen LogP contribution in [0.5, 0.6) is 0 Å². The Balaban J connectivity index is 1.69. The van der Waals surface area contributed by atoms with Crippen LogP contribution in [-0.2, 0) is 31.1 Å². The Morgan fingerprint density at radius 1 is 1.08 bits per heavy atom. The van der Waals surface area contributed by atoms with Crippen LogP contribution in [0.3, 0.4) is 0 Å². The molecule has 0 fully saturated rings. The Kier molecular flexibility index (Phi) is 4.53. The highest BCUT2D eigenvalue weighted by Gasteiger charge is 2.32. The lowest BCUT2D eigenvalue weighted by Crippen LogP contribution is -2.32. The number of fused-ring (bicyclic) bond motifs is 1. The molecular weight excluding hydrogens is 329 g/mol. The third-order valence-electron chi connectivity index (χ3n) is 4.21. The SMILES string of the molecule is CC(C)(C)c1ncc2c(n1)CCN(Cc1ccc(C(F)(F)F)nc1)C2. The fourth-order valence-corrected chi connectivity index (χ4v) is 2.81. The average molecular weight is 350 g/mol. The second kappa shape index (κ2) is 6.37. The van der Waals surface area contributed by atoms with Crippen molar-refractivity contribution in [2.45, 2.75) is 51.9 Å². The fourth-order valence-electron chi connectivity index (χ4n) is 2.81. The normalized spacial score (nSPS) is 15.9. The topological polar surface area (TPSA) is 41.9 Å². The minimum atomic E-state index is -4.40. The summed E-state index contributed by atoms with van der Waals surface area (Å²) < 4.78 is 37.7. The summed E-state index contributed by atoms with van der Waals surface area (Å²) in [5, 5.41) is 0. The van der Waals surface area contributed by atoms with Crippen molar-refractivity contribution in [1.29, 1.82) is 0 Å². The largest absolute Gasteiger partial charge is 0.433 e. The maximum absolute atomic E-state index is 12.6. The van der Waals surface area contributed by atoms with Gasteiger partial charge in [-0.1, -0.05) is 26.8 Å². The number of hydrogen-bond donors (Lipinski definition) is 0. The summed E-state index contributed by atoms with van der Waals surface area (Å²) in [5.41, 5.74) is 1.98. The number of nitrogens with zero attached hydrogens (tertiary/aromatic N) is 4. The molecule has 3 heterocycles. The summed E-state index contributed by atoms with van der Waals surface area (Å²) in [4.78, 5) is 14.9. The van der Waals surface area contributed by atoms with Crippen molar-refractivity contribution in [2.75, 3.05) is 6.54 Å². The Morgan fingerprint density at radius 2 is 1.84 bits per heavy atom. The van der Waals surface area contributed by atoms with Crippen molar-refractivity contribution in [3.05, 3.63) is 52.9 Å².